The van der Waals surface area contributed by atoms with Crippen LogP contribution in [0.4, 0.5) is 0 Å². The number of aliphatic hydroxyl groups excluding tert-OH is 1. The standard InChI is InChI=1S/C16H24N2O4/c1-12(16(21)17-9-4-10-19)18(13(2)20)11-14-5-7-15(22-3)8-6-14/h5-8,12,19H,4,9-11H2,1-3H3,(H,17,21). The van der Waals surface area contributed by atoms with Gasteiger partial charge in [-0.25, -0.2) is 0 Å². The molecule has 1 aromatic rings. The second-order valence-electron chi connectivity index (χ2n) is 5.04. The molecule has 2 N–H and O–H groups in total. The van der Waals surface area contributed by atoms with Crippen LogP contribution in [0.1, 0.15) is 25.8 Å². The van der Waals surface area contributed by atoms with Gasteiger partial charge in [0.1, 0.15) is 11.8 Å². The average Bonchev–Trinajstić information content (AvgIpc) is 2.52. The van der Waals surface area contributed by atoms with Crippen LogP contribution in [0.5, 0.6) is 5.75 Å². The highest BCUT2D eigenvalue weighted by Gasteiger charge is 2.23. The van der Waals surface area contributed by atoms with Crippen molar-refractivity contribution in [3.63, 3.8) is 0 Å². The molecule has 0 spiro atoms. The Morgan fingerprint density at radius 3 is 2.45 bits per heavy atom. The van der Waals surface area contributed by atoms with Crippen molar-refractivity contribution in [2.75, 3.05) is 20.3 Å². The molecule has 0 fully saturated rings. The zero-order valence-corrected chi connectivity index (χ0v) is 13.3. The second kappa shape index (κ2) is 9.04. The van der Waals surface area contributed by atoms with Gasteiger partial charge in [-0.15, -0.1) is 0 Å². The fourth-order valence-corrected chi connectivity index (χ4v) is 2.03. The minimum absolute atomic E-state index is 0.0247. The Balaban J connectivity index is 2.71. The summed E-state index contributed by atoms with van der Waals surface area (Å²) in [5.41, 5.74) is 0.922. The second-order valence-corrected chi connectivity index (χ2v) is 5.04. The smallest absolute Gasteiger partial charge is 0.242 e. The first-order chi connectivity index (χ1) is 10.5. The molecule has 1 rings (SSSR count). The molecule has 2 amide bonds. The van der Waals surface area contributed by atoms with Gasteiger partial charge in [0.25, 0.3) is 0 Å². The van der Waals surface area contributed by atoms with Crippen LogP contribution >= 0.6 is 0 Å². The van der Waals surface area contributed by atoms with E-state index in [2.05, 4.69) is 5.32 Å². The minimum Gasteiger partial charge on any atom is -0.497 e. The molecular formula is C16H24N2O4. The van der Waals surface area contributed by atoms with Gasteiger partial charge >= 0.3 is 0 Å². The number of carbonyl (C=O) groups is 2. The molecular weight excluding hydrogens is 284 g/mol. The Bertz CT molecular complexity index is 487. The summed E-state index contributed by atoms with van der Waals surface area (Å²) in [6, 6.07) is 6.80. The number of nitrogens with one attached hydrogen (secondary N) is 1. The van der Waals surface area contributed by atoms with Crippen LogP contribution in [-0.2, 0) is 16.1 Å². The Hall–Kier alpha value is -2.08. The predicted molar refractivity (Wildman–Crippen MR) is 83.4 cm³/mol. The van der Waals surface area contributed by atoms with Gasteiger partial charge in [-0.3, -0.25) is 9.59 Å². The maximum absolute atomic E-state index is 12.0. The van der Waals surface area contributed by atoms with Gasteiger partial charge in [0.2, 0.25) is 11.8 Å². The minimum atomic E-state index is -0.571. The normalized spacial score (nSPS) is 11.6. The van der Waals surface area contributed by atoms with Gasteiger partial charge in [-0.1, -0.05) is 12.1 Å². The molecule has 0 aliphatic heterocycles. The van der Waals surface area contributed by atoms with E-state index < -0.39 is 6.04 Å². The van der Waals surface area contributed by atoms with E-state index in [4.69, 9.17) is 9.84 Å². The molecule has 0 radical (unpaired) electrons. The fourth-order valence-electron chi connectivity index (χ4n) is 2.03. The molecule has 0 saturated heterocycles. The van der Waals surface area contributed by atoms with Crippen molar-refractivity contribution >= 4 is 11.8 Å². The number of ether oxygens (including phenoxy) is 1. The summed E-state index contributed by atoms with van der Waals surface area (Å²) in [6.07, 6.45) is 0.497. The molecule has 0 bridgehead atoms. The topological polar surface area (TPSA) is 78.9 Å². The van der Waals surface area contributed by atoms with Crippen LogP contribution in [0.2, 0.25) is 0 Å². The summed E-state index contributed by atoms with van der Waals surface area (Å²) in [6.45, 7) is 3.92. The van der Waals surface area contributed by atoms with Crippen LogP contribution in [0.25, 0.3) is 0 Å². The van der Waals surface area contributed by atoms with E-state index in [1.54, 1.807) is 14.0 Å². The van der Waals surface area contributed by atoms with Crippen LogP contribution in [-0.4, -0.2) is 48.1 Å². The number of rotatable bonds is 8. The third kappa shape index (κ3) is 5.37. The van der Waals surface area contributed by atoms with Crippen molar-refractivity contribution in [2.24, 2.45) is 0 Å². The fraction of sp³-hybridized carbons (Fsp3) is 0.500. The lowest BCUT2D eigenvalue weighted by molar-refractivity contribution is -0.139. The Morgan fingerprint density at radius 1 is 1.32 bits per heavy atom. The van der Waals surface area contributed by atoms with Gasteiger partial charge in [0, 0.05) is 26.6 Å². The molecule has 0 aliphatic carbocycles. The lowest BCUT2D eigenvalue weighted by Gasteiger charge is -2.27. The van der Waals surface area contributed by atoms with Crippen LogP contribution in [0.3, 0.4) is 0 Å². The molecule has 1 aromatic carbocycles. The van der Waals surface area contributed by atoms with Crippen molar-refractivity contribution in [1.82, 2.24) is 10.2 Å². The number of hydrogen-bond acceptors (Lipinski definition) is 4. The first-order valence-corrected chi connectivity index (χ1v) is 7.28. The summed E-state index contributed by atoms with van der Waals surface area (Å²) in [4.78, 5) is 25.4. The quantitative estimate of drug-likeness (QED) is 0.700. The monoisotopic (exact) mass is 308 g/mol. The van der Waals surface area contributed by atoms with Crippen molar-refractivity contribution in [3.05, 3.63) is 29.8 Å². The SMILES string of the molecule is COc1ccc(CN(C(C)=O)C(C)C(=O)NCCCO)cc1. The Labute approximate surface area is 131 Å². The molecule has 1 unspecified atom stereocenters. The molecule has 6 heteroatoms. The Morgan fingerprint density at radius 2 is 1.95 bits per heavy atom. The van der Waals surface area contributed by atoms with E-state index in [0.717, 1.165) is 11.3 Å². The number of nitrogens with zero attached hydrogens (tertiary/aromatic N) is 1. The summed E-state index contributed by atoms with van der Waals surface area (Å²) in [5.74, 6) is 0.353. The van der Waals surface area contributed by atoms with Crippen molar-refractivity contribution in [2.45, 2.75) is 32.9 Å². The molecule has 0 saturated carbocycles. The highest BCUT2D eigenvalue weighted by atomic mass is 16.5. The zero-order valence-electron chi connectivity index (χ0n) is 13.3. The lowest BCUT2D eigenvalue weighted by atomic mass is 10.1. The summed E-state index contributed by atoms with van der Waals surface area (Å²) >= 11 is 0. The highest BCUT2D eigenvalue weighted by molar-refractivity contribution is 5.86. The molecule has 6 nitrogen and oxygen atoms in total. The van der Waals surface area contributed by atoms with Gasteiger partial charge in [-0.05, 0) is 31.0 Å². The number of amides is 2. The molecule has 0 heterocycles. The number of benzene rings is 1. The van der Waals surface area contributed by atoms with Gasteiger partial charge in [0.15, 0.2) is 0 Å². The molecule has 0 aromatic heterocycles. The van der Waals surface area contributed by atoms with E-state index >= 15 is 0 Å². The number of carbonyl (C=O) groups excluding carboxylic acids is 2. The predicted octanol–water partition coefficient (Wildman–Crippen LogP) is 0.931. The van der Waals surface area contributed by atoms with Crippen LogP contribution in [0, 0.1) is 0 Å². The Kier molecular flexibility index (Phi) is 7.39. The molecule has 122 valence electrons. The number of hydrogen-bond donors (Lipinski definition) is 2. The van der Waals surface area contributed by atoms with E-state index in [9.17, 15) is 9.59 Å². The highest BCUT2D eigenvalue weighted by Crippen LogP contribution is 2.14. The van der Waals surface area contributed by atoms with E-state index in [1.165, 1.54) is 11.8 Å². The van der Waals surface area contributed by atoms with Gasteiger partial charge < -0.3 is 20.1 Å². The maximum atomic E-state index is 12.0. The molecule has 0 aliphatic rings. The number of methoxy groups -OCH3 is 1. The third-order valence-corrected chi connectivity index (χ3v) is 3.40. The average molecular weight is 308 g/mol. The van der Waals surface area contributed by atoms with Crippen molar-refractivity contribution in [1.29, 1.82) is 0 Å². The lowest BCUT2D eigenvalue weighted by Crippen LogP contribution is -2.47. The van der Waals surface area contributed by atoms with E-state index in [0.29, 0.717) is 19.5 Å². The molecule has 1 atom stereocenters. The number of aliphatic hydroxyl groups is 1. The summed E-state index contributed by atoms with van der Waals surface area (Å²) < 4.78 is 5.10. The van der Waals surface area contributed by atoms with Crippen LogP contribution < -0.4 is 10.1 Å². The first-order valence-electron chi connectivity index (χ1n) is 7.28. The largest absolute Gasteiger partial charge is 0.497 e. The summed E-state index contributed by atoms with van der Waals surface area (Å²) in [5, 5.41) is 11.4. The van der Waals surface area contributed by atoms with Crippen molar-refractivity contribution < 1.29 is 19.4 Å². The molecule has 22 heavy (non-hydrogen) atoms. The van der Waals surface area contributed by atoms with Crippen molar-refractivity contribution in [3.8, 4) is 5.75 Å². The van der Waals surface area contributed by atoms with Gasteiger partial charge in [0.05, 0.1) is 7.11 Å². The van der Waals surface area contributed by atoms with E-state index in [1.807, 2.05) is 24.3 Å². The first kappa shape index (κ1) is 18.0. The van der Waals surface area contributed by atoms with E-state index in [-0.39, 0.29) is 18.4 Å². The maximum Gasteiger partial charge on any atom is 0.242 e. The summed E-state index contributed by atoms with van der Waals surface area (Å²) in [7, 11) is 1.59. The zero-order chi connectivity index (χ0) is 16.5. The van der Waals surface area contributed by atoms with Gasteiger partial charge in [-0.2, -0.15) is 0 Å². The third-order valence-electron chi connectivity index (χ3n) is 3.40. The van der Waals surface area contributed by atoms with Crippen LogP contribution in [0.15, 0.2) is 24.3 Å².